The van der Waals surface area contributed by atoms with Gasteiger partial charge in [0.2, 0.25) is 12.7 Å². The Labute approximate surface area is 190 Å². The third-order valence-electron chi connectivity index (χ3n) is 5.15. The van der Waals surface area contributed by atoms with Crippen molar-refractivity contribution in [3.8, 4) is 11.5 Å². The van der Waals surface area contributed by atoms with Gasteiger partial charge in [-0.05, 0) is 36.6 Å². The van der Waals surface area contributed by atoms with Gasteiger partial charge in [0.15, 0.2) is 11.5 Å². The number of hydrazine groups is 1. The number of nitrogens with one attached hydrogen (secondary N) is 1. The van der Waals surface area contributed by atoms with Crippen molar-refractivity contribution < 1.29 is 23.8 Å². The fourth-order valence-electron chi connectivity index (χ4n) is 3.49. The molecule has 31 heavy (non-hydrogen) atoms. The largest absolute Gasteiger partial charge is 0.454 e. The predicted octanol–water partition coefficient (Wildman–Crippen LogP) is 2.54. The average molecular weight is 464 g/mol. The number of morpholine rings is 1. The first-order chi connectivity index (χ1) is 15.1. The maximum Gasteiger partial charge on any atom is 0.266 e. The van der Waals surface area contributed by atoms with Crippen LogP contribution in [0.1, 0.15) is 31.2 Å². The topological polar surface area (TPSA) is 80.3 Å². The molecule has 1 aromatic rings. The summed E-state index contributed by atoms with van der Waals surface area (Å²) in [6.07, 6.45) is 4.73. The van der Waals surface area contributed by atoms with Gasteiger partial charge in [0.25, 0.3) is 5.91 Å². The van der Waals surface area contributed by atoms with Crippen molar-refractivity contribution in [1.82, 2.24) is 15.3 Å². The van der Waals surface area contributed by atoms with E-state index in [0.29, 0.717) is 46.9 Å². The van der Waals surface area contributed by atoms with Crippen LogP contribution < -0.4 is 14.9 Å². The quantitative estimate of drug-likeness (QED) is 0.358. The molecule has 0 bridgehead atoms. The van der Waals surface area contributed by atoms with Crippen LogP contribution in [0.25, 0.3) is 6.08 Å². The van der Waals surface area contributed by atoms with Crippen molar-refractivity contribution in [3.05, 3.63) is 28.7 Å². The minimum atomic E-state index is -0.0715. The summed E-state index contributed by atoms with van der Waals surface area (Å²) in [6, 6.07) is 5.59. The molecule has 0 aromatic heterocycles. The maximum absolute atomic E-state index is 12.8. The van der Waals surface area contributed by atoms with E-state index in [1.165, 1.54) is 11.8 Å². The number of rotatable bonds is 8. The average Bonchev–Trinajstić information content (AvgIpc) is 3.33. The minimum Gasteiger partial charge on any atom is -0.454 e. The molecule has 3 aliphatic rings. The van der Waals surface area contributed by atoms with Crippen LogP contribution in [0.5, 0.6) is 11.5 Å². The van der Waals surface area contributed by atoms with Crippen LogP contribution in [0.3, 0.4) is 0 Å². The number of unbranched alkanes of at least 4 members (excludes halogenated alkanes) is 2. The van der Waals surface area contributed by atoms with Crippen LogP contribution in [-0.4, -0.2) is 65.7 Å². The summed E-state index contributed by atoms with van der Waals surface area (Å²) in [4.78, 5) is 27.0. The zero-order valence-corrected chi connectivity index (χ0v) is 18.8. The number of amides is 2. The minimum absolute atomic E-state index is 0.0270. The number of hydrogen-bond acceptors (Lipinski definition) is 8. The molecule has 10 heteroatoms. The van der Waals surface area contributed by atoms with Crippen LogP contribution in [0.15, 0.2) is 23.1 Å². The Morgan fingerprint density at radius 3 is 2.81 bits per heavy atom. The third kappa shape index (κ3) is 5.76. The van der Waals surface area contributed by atoms with Gasteiger partial charge in [0.05, 0.1) is 18.1 Å². The summed E-state index contributed by atoms with van der Waals surface area (Å²) in [6.45, 7) is 3.52. The molecule has 0 radical (unpaired) electrons. The normalized spacial score (nSPS) is 20.0. The van der Waals surface area contributed by atoms with Gasteiger partial charge >= 0.3 is 0 Å². The van der Waals surface area contributed by atoms with E-state index in [2.05, 4.69) is 5.43 Å². The van der Waals surface area contributed by atoms with Gasteiger partial charge in [-0.1, -0.05) is 36.5 Å². The second kappa shape index (κ2) is 10.4. The first kappa shape index (κ1) is 22.1. The molecule has 3 heterocycles. The van der Waals surface area contributed by atoms with Gasteiger partial charge in [0, 0.05) is 26.1 Å². The SMILES string of the molecule is O=C(CCCCCN1C(=O)C(=Cc2ccc3c(c2)OCO3)SC1=S)NN1CCOCC1. The van der Waals surface area contributed by atoms with E-state index >= 15 is 0 Å². The van der Waals surface area contributed by atoms with E-state index in [4.69, 9.17) is 26.4 Å². The molecule has 1 N–H and O–H groups in total. The van der Waals surface area contributed by atoms with E-state index in [9.17, 15) is 9.59 Å². The molecule has 0 spiro atoms. The van der Waals surface area contributed by atoms with E-state index < -0.39 is 0 Å². The summed E-state index contributed by atoms with van der Waals surface area (Å²) in [5.74, 6) is 1.35. The fourth-order valence-corrected chi connectivity index (χ4v) is 4.80. The van der Waals surface area contributed by atoms with Crippen LogP contribution >= 0.6 is 24.0 Å². The number of fused-ring (bicyclic) bond motifs is 1. The Morgan fingerprint density at radius 2 is 1.97 bits per heavy atom. The number of thiocarbonyl (C=S) groups is 1. The summed E-state index contributed by atoms with van der Waals surface area (Å²) in [7, 11) is 0. The number of thioether (sulfide) groups is 1. The number of carbonyl (C=O) groups is 2. The molecule has 3 aliphatic heterocycles. The smallest absolute Gasteiger partial charge is 0.266 e. The highest BCUT2D eigenvalue weighted by Crippen LogP contribution is 2.36. The number of hydrogen-bond donors (Lipinski definition) is 1. The molecule has 4 rings (SSSR count). The molecule has 0 saturated carbocycles. The molecular formula is C21H25N3O5S2. The molecule has 8 nitrogen and oxygen atoms in total. The van der Waals surface area contributed by atoms with Crippen molar-refractivity contribution in [2.45, 2.75) is 25.7 Å². The van der Waals surface area contributed by atoms with Crippen LogP contribution in [0.4, 0.5) is 0 Å². The lowest BCUT2D eigenvalue weighted by Gasteiger charge is -2.26. The maximum atomic E-state index is 12.8. The lowest BCUT2D eigenvalue weighted by Crippen LogP contribution is -2.48. The molecule has 166 valence electrons. The summed E-state index contributed by atoms with van der Waals surface area (Å²) in [5, 5.41) is 1.90. The summed E-state index contributed by atoms with van der Waals surface area (Å²) in [5.41, 5.74) is 3.78. The van der Waals surface area contributed by atoms with Gasteiger partial charge in [-0.3, -0.25) is 19.9 Å². The Bertz CT molecular complexity index is 886. The molecule has 2 saturated heterocycles. The number of ether oxygens (including phenoxy) is 3. The first-order valence-corrected chi connectivity index (χ1v) is 11.6. The number of benzene rings is 1. The molecule has 0 atom stereocenters. The summed E-state index contributed by atoms with van der Waals surface area (Å²) >= 11 is 6.72. The van der Waals surface area contributed by atoms with Crippen LogP contribution in [-0.2, 0) is 14.3 Å². The number of nitrogens with zero attached hydrogens (tertiary/aromatic N) is 2. The Kier molecular flexibility index (Phi) is 7.44. The Morgan fingerprint density at radius 1 is 1.16 bits per heavy atom. The lowest BCUT2D eigenvalue weighted by molar-refractivity contribution is -0.128. The van der Waals surface area contributed by atoms with Crippen LogP contribution in [0.2, 0.25) is 0 Å². The third-order valence-corrected chi connectivity index (χ3v) is 6.53. The Balaban J connectivity index is 1.20. The lowest BCUT2D eigenvalue weighted by atomic mass is 10.1. The highest BCUT2D eigenvalue weighted by Gasteiger charge is 2.31. The van der Waals surface area contributed by atoms with Crippen molar-refractivity contribution in [2.75, 3.05) is 39.6 Å². The second-order valence-electron chi connectivity index (χ2n) is 7.39. The molecule has 0 aliphatic carbocycles. The van der Waals surface area contributed by atoms with Crippen LogP contribution in [0, 0.1) is 0 Å². The molecule has 0 unspecified atom stereocenters. The van der Waals surface area contributed by atoms with Crippen molar-refractivity contribution in [2.24, 2.45) is 0 Å². The zero-order valence-electron chi connectivity index (χ0n) is 17.1. The van der Waals surface area contributed by atoms with Gasteiger partial charge in [-0.2, -0.15) is 0 Å². The fraction of sp³-hybridized carbons (Fsp3) is 0.476. The van der Waals surface area contributed by atoms with E-state index in [0.717, 1.165) is 37.9 Å². The summed E-state index contributed by atoms with van der Waals surface area (Å²) < 4.78 is 16.5. The first-order valence-electron chi connectivity index (χ1n) is 10.4. The number of carbonyl (C=O) groups excluding carboxylic acids is 2. The van der Waals surface area contributed by atoms with E-state index in [1.807, 2.05) is 29.3 Å². The van der Waals surface area contributed by atoms with E-state index in [1.54, 1.807) is 4.90 Å². The van der Waals surface area contributed by atoms with Crippen molar-refractivity contribution in [1.29, 1.82) is 0 Å². The second-order valence-corrected chi connectivity index (χ2v) is 9.07. The van der Waals surface area contributed by atoms with Gasteiger partial charge in [-0.15, -0.1) is 0 Å². The van der Waals surface area contributed by atoms with Crippen molar-refractivity contribution >= 4 is 46.2 Å². The van der Waals surface area contributed by atoms with Gasteiger partial charge in [-0.25, -0.2) is 5.01 Å². The van der Waals surface area contributed by atoms with Gasteiger partial charge < -0.3 is 14.2 Å². The zero-order chi connectivity index (χ0) is 21.6. The van der Waals surface area contributed by atoms with E-state index in [-0.39, 0.29) is 18.6 Å². The molecule has 2 amide bonds. The van der Waals surface area contributed by atoms with Gasteiger partial charge in [0.1, 0.15) is 4.32 Å². The highest BCUT2D eigenvalue weighted by molar-refractivity contribution is 8.26. The molecule has 2 fully saturated rings. The Hall–Kier alpha value is -2.14. The molecular weight excluding hydrogens is 438 g/mol. The molecule has 1 aromatic carbocycles. The standard InChI is InChI=1S/C21H25N3O5S2/c25-19(22-23-8-10-27-11-9-23)4-2-1-3-7-24-20(26)18(31-21(24)30)13-15-5-6-16-17(12-15)29-14-28-16/h5-6,12-13H,1-4,7-11,14H2,(H,22,25). The van der Waals surface area contributed by atoms with Crippen molar-refractivity contribution in [3.63, 3.8) is 0 Å². The highest BCUT2D eigenvalue weighted by atomic mass is 32.2. The monoisotopic (exact) mass is 463 g/mol. The predicted molar refractivity (Wildman–Crippen MR) is 121 cm³/mol.